The van der Waals surface area contributed by atoms with Crippen LogP contribution in [-0.2, 0) is 4.74 Å². The first-order valence-electron chi connectivity index (χ1n) is 5.85. The van der Waals surface area contributed by atoms with Gasteiger partial charge in [-0.25, -0.2) is 0 Å². The molecule has 1 unspecified atom stereocenters. The van der Waals surface area contributed by atoms with Crippen LogP contribution in [0.25, 0.3) is 11.5 Å². The largest absolute Gasteiger partial charge is 0.381 e. The van der Waals surface area contributed by atoms with Crippen molar-refractivity contribution in [1.29, 1.82) is 0 Å². The lowest BCUT2D eigenvalue weighted by Crippen LogP contribution is -2.05. The lowest BCUT2D eigenvalue weighted by atomic mass is 10.1. The minimum Gasteiger partial charge on any atom is -0.381 e. The summed E-state index contributed by atoms with van der Waals surface area (Å²) in [4.78, 5) is 18.4. The molecule has 0 saturated carbocycles. The summed E-state index contributed by atoms with van der Waals surface area (Å²) in [7, 11) is 0. The van der Waals surface area contributed by atoms with Crippen LogP contribution in [0.4, 0.5) is 0 Å². The maximum atomic E-state index is 11.4. The Morgan fingerprint density at radius 1 is 1.44 bits per heavy atom. The highest BCUT2D eigenvalue weighted by atomic mass is 16.5. The highest BCUT2D eigenvalue weighted by molar-refractivity contribution is 5.52. The summed E-state index contributed by atoms with van der Waals surface area (Å²) in [5, 5.41) is 3.96. The summed E-state index contributed by atoms with van der Waals surface area (Å²) in [6.07, 6.45) is 0.910. The Morgan fingerprint density at radius 3 is 3.06 bits per heavy atom. The van der Waals surface area contributed by atoms with Crippen molar-refractivity contribution in [2.45, 2.75) is 19.3 Å². The number of aromatic amines is 1. The Balaban J connectivity index is 1.94. The average Bonchev–Trinajstić information content (AvgIpc) is 2.99. The van der Waals surface area contributed by atoms with Crippen LogP contribution in [0.3, 0.4) is 0 Å². The molecule has 0 spiro atoms. The highest BCUT2D eigenvalue weighted by Gasteiger charge is 2.23. The third-order valence-corrected chi connectivity index (χ3v) is 2.96. The molecular formula is C12H13N3O3. The molecule has 18 heavy (non-hydrogen) atoms. The van der Waals surface area contributed by atoms with E-state index in [0.29, 0.717) is 23.9 Å². The first-order chi connectivity index (χ1) is 8.72. The van der Waals surface area contributed by atoms with E-state index in [2.05, 4.69) is 15.1 Å². The molecule has 1 aliphatic rings. The van der Waals surface area contributed by atoms with Gasteiger partial charge in [-0.1, -0.05) is 5.16 Å². The molecule has 0 radical (unpaired) electrons. The molecular weight excluding hydrogens is 234 g/mol. The summed E-state index contributed by atoms with van der Waals surface area (Å²) in [5.41, 5.74) is 1.24. The second kappa shape index (κ2) is 4.38. The zero-order valence-corrected chi connectivity index (χ0v) is 9.97. The molecule has 6 nitrogen and oxygen atoms in total. The number of aromatic nitrogens is 3. The zero-order chi connectivity index (χ0) is 12.5. The second-order valence-corrected chi connectivity index (χ2v) is 4.43. The van der Waals surface area contributed by atoms with E-state index in [9.17, 15) is 4.79 Å². The molecule has 6 heteroatoms. The van der Waals surface area contributed by atoms with Gasteiger partial charge in [0.25, 0.3) is 5.89 Å². The zero-order valence-electron chi connectivity index (χ0n) is 9.97. The van der Waals surface area contributed by atoms with Gasteiger partial charge in [-0.15, -0.1) is 0 Å². The quantitative estimate of drug-likeness (QED) is 0.863. The smallest absolute Gasteiger partial charge is 0.258 e. The van der Waals surface area contributed by atoms with E-state index in [1.165, 1.54) is 6.07 Å². The van der Waals surface area contributed by atoms with Crippen LogP contribution < -0.4 is 5.56 Å². The molecule has 0 aromatic carbocycles. The Morgan fingerprint density at radius 2 is 2.33 bits per heavy atom. The lowest BCUT2D eigenvalue weighted by molar-refractivity contribution is 0.192. The number of hydrogen-bond donors (Lipinski definition) is 1. The summed E-state index contributed by atoms with van der Waals surface area (Å²) in [6, 6.07) is 3.26. The van der Waals surface area contributed by atoms with Crippen LogP contribution in [-0.4, -0.2) is 28.3 Å². The van der Waals surface area contributed by atoms with Gasteiger partial charge in [0.15, 0.2) is 5.82 Å². The van der Waals surface area contributed by atoms with Gasteiger partial charge >= 0.3 is 0 Å². The highest BCUT2D eigenvalue weighted by Crippen LogP contribution is 2.25. The number of ether oxygens (including phenoxy) is 1. The Bertz CT molecular complexity index is 611. The summed E-state index contributed by atoms with van der Waals surface area (Å²) < 4.78 is 10.5. The van der Waals surface area contributed by atoms with Crippen molar-refractivity contribution >= 4 is 0 Å². The average molecular weight is 247 g/mol. The number of nitrogens with zero attached hydrogens (tertiary/aromatic N) is 2. The van der Waals surface area contributed by atoms with Gasteiger partial charge in [-0.2, -0.15) is 4.98 Å². The summed E-state index contributed by atoms with van der Waals surface area (Å²) in [6.45, 7) is 3.18. The molecule has 1 fully saturated rings. The summed E-state index contributed by atoms with van der Waals surface area (Å²) in [5.74, 6) is 1.23. The minimum atomic E-state index is -0.172. The lowest BCUT2D eigenvalue weighted by Gasteiger charge is -1.98. The van der Waals surface area contributed by atoms with Crippen LogP contribution in [0, 0.1) is 6.92 Å². The van der Waals surface area contributed by atoms with Crippen LogP contribution in [0.15, 0.2) is 21.5 Å². The van der Waals surface area contributed by atoms with E-state index in [4.69, 9.17) is 9.26 Å². The van der Waals surface area contributed by atoms with E-state index in [0.717, 1.165) is 18.7 Å². The second-order valence-electron chi connectivity index (χ2n) is 4.43. The van der Waals surface area contributed by atoms with Gasteiger partial charge < -0.3 is 14.2 Å². The van der Waals surface area contributed by atoms with Gasteiger partial charge in [0.1, 0.15) is 0 Å². The molecule has 3 rings (SSSR count). The van der Waals surface area contributed by atoms with E-state index >= 15 is 0 Å². The molecule has 1 aliphatic heterocycles. The third kappa shape index (κ3) is 2.06. The van der Waals surface area contributed by atoms with Crippen molar-refractivity contribution < 1.29 is 9.26 Å². The topological polar surface area (TPSA) is 81.0 Å². The molecule has 1 N–H and O–H groups in total. The molecule has 0 aliphatic carbocycles. The number of H-pyrrole nitrogens is 1. The predicted octanol–water partition coefficient (Wildman–Crippen LogP) is 1.24. The Labute approximate surface area is 103 Å². The van der Waals surface area contributed by atoms with Gasteiger partial charge in [-0.05, 0) is 19.4 Å². The number of aryl methyl sites for hydroxylation is 1. The van der Waals surface area contributed by atoms with Gasteiger partial charge in [0.2, 0.25) is 5.56 Å². The molecule has 1 atom stereocenters. The fraction of sp³-hybridized carbons (Fsp3) is 0.417. The summed E-state index contributed by atoms with van der Waals surface area (Å²) >= 11 is 0. The molecule has 94 valence electrons. The van der Waals surface area contributed by atoms with Crippen LogP contribution in [0.5, 0.6) is 0 Å². The number of rotatable bonds is 2. The van der Waals surface area contributed by atoms with Crippen molar-refractivity contribution in [3.8, 4) is 11.5 Å². The molecule has 0 bridgehead atoms. The number of nitrogens with one attached hydrogen (secondary N) is 1. The van der Waals surface area contributed by atoms with Crippen molar-refractivity contribution in [2.24, 2.45) is 0 Å². The van der Waals surface area contributed by atoms with E-state index < -0.39 is 0 Å². The molecule has 1 saturated heterocycles. The van der Waals surface area contributed by atoms with Crippen molar-refractivity contribution in [2.75, 3.05) is 13.2 Å². The van der Waals surface area contributed by atoms with Crippen LogP contribution >= 0.6 is 0 Å². The predicted molar refractivity (Wildman–Crippen MR) is 63.3 cm³/mol. The molecule has 0 amide bonds. The maximum Gasteiger partial charge on any atom is 0.258 e. The van der Waals surface area contributed by atoms with Crippen LogP contribution in [0.2, 0.25) is 0 Å². The normalized spacial score (nSPS) is 19.3. The van der Waals surface area contributed by atoms with Gasteiger partial charge in [-0.3, -0.25) is 4.79 Å². The first-order valence-corrected chi connectivity index (χ1v) is 5.85. The van der Waals surface area contributed by atoms with Crippen LogP contribution in [0.1, 0.15) is 23.9 Å². The first kappa shape index (κ1) is 11.2. The number of pyridine rings is 1. The fourth-order valence-corrected chi connectivity index (χ4v) is 2.06. The SMILES string of the molecule is Cc1cc(-c2nc(C3CCOC3)no2)cc(=O)[nH]1. The van der Waals surface area contributed by atoms with E-state index in [1.54, 1.807) is 0 Å². The minimum absolute atomic E-state index is 0.172. The number of hydrogen-bond acceptors (Lipinski definition) is 5. The molecule has 2 aromatic heterocycles. The van der Waals surface area contributed by atoms with E-state index in [1.807, 2.05) is 13.0 Å². The standard InChI is InChI=1S/C12H13N3O3/c1-7-4-9(5-10(16)13-7)12-14-11(15-18-12)8-2-3-17-6-8/h4-5,8H,2-3,6H2,1H3,(H,13,16). The van der Waals surface area contributed by atoms with E-state index in [-0.39, 0.29) is 11.5 Å². The molecule has 2 aromatic rings. The van der Waals surface area contributed by atoms with Gasteiger partial charge in [0.05, 0.1) is 6.61 Å². The molecule has 3 heterocycles. The Hall–Kier alpha value is -1.95. The Kier molecular flexibility index (Phi) is 2.71. The van der Waals surface area contributed by atoms with Gasteiger partial charge in [0, 0.05) is 29.8 Å². The van der Waals surface area contributed by atoms with Crippen molar-refractivity contribution in [3.63, 3.8) is 0 Å². The monoisotopic (exact) mass is 247 g/mol. The maximum absolute atomic E-state index is 11.4. The third-order valence-electron chi connectivity index (χ3n) is 2.96. The van der Waals surface area contributed by atoms with Crippen molar-refractivity contribution in [3.05, 3.63) is 34.0 Å². The van der Waals surface area contributed by atoms with Crippen molar-refractivity contribution in [1.82, 2.24) is 15.1 Å². The fourth-order valence-electron chi connectivity index (χ4n) is 2.06.